The molecule has 15 heavy (non-hydrogen) atoms. The number of nitrogens with two attached hydrogens (primary N) is 1. The topological polar surface area (TPSA) is 29.3 Å². The first-order chi connectivity index (χ1) is 7.06. The molecule has 0 aliphatic heterocycles. The molecule has 1 aromatic carbocycles. The number of nitrogens with zero attached hydrogens (tertiary/aromatic N) is 1. The molecule has 0 aliphatic rings. The fourth-order valence-electron chi connectivity index (χ4n) is 1.41. The van der Waals surface area contributed by atoms with Crippen LogP contribution in [0.25, 0.3) is 0 Å². The van der Waals surface area contributed by atoms with Crippen LogP contribution in [0.3, 0.4) is 0 Å². The van der Waals surface area contributed by atoms with Gasteiger partial charge >= 0.3 is 0 Å². The number of hydrogen-bond acceptors (Lipinski definition) is 2. The first kappa shape index (κ1) is 11.7. The molecule has 0 bridgehead atoms. The average Bonchev–Trinajstić information content (AvgIpc) is 2.17. The smallest absolute Gasteiger partial charge is 0.146 e. The molecule has 0 saturated carbocycles. The highest BCUT2D eigenvalue weighted by molar-refractivity contribution is 5.49. The molecule has 0 saturated heterocycles. The molecule has 1 rings (SSSR count). The summed E-state index contributed by atoms with van der Waals surface area (Å²) in [5, 5.41) is 0. The molecule has 0 radical (unpaired) electrons. The molecule has 0 fully saturated rings. The number of hydrogen-bond donors (Lipinski definition) is 1. The van der Waals surface area contributed by atoms with E-state index >= 15 is 0 Å². The lowest BCUT2D eigenvalue weighted by Gasteiger charge is -2.18. The third kappa shape index (κ3) is 2.80. The van der Waals surface area contributed by atoms with Crippen molar-refractivity contribution in [2.24, 2.45) is 5.73 Å². The van der Waals surface area contributed by atoms with Crippen LogP contribution in [0, 0.1) is 5.82 Å². The van der Waals surface area contributed by atoms with Crippen molar-refractivity contribution in [1.29, 1.82) is 0 Å². The van der Waals surface area contributed by atoms with E-state index in [4.69, 9.17) is 5.73 Å². The Kier molecular flexibility index (Phi) is 3.86. The molecule has 0 heterocycles. The zero-order valence-electron chi connectivity index (χ0n) is 9.20. The summed E-state index contributed by atoms with van der Waals surface area (Å²) >= 11 is 0. The summed E-state index contributed by atoms with van der Waals surface area (Å²) in [5.41, 5.74) is 7.05. The van der Waals surface area contributed by atoms with Gasteiger partial charge in [-0.1, -0.05) is 12.1 Å². The van der Waals surface area contributed by atoms with Crippen molar-refractivity contribution in [3.8, 4) is 0 Å². The van der Waals surface area contributed by atoms with Crippen LogP contribution in [-0.4, -0.2) is 13.6 Å². The Morgan fingerprint density at radius 2 is 2.27 bits per heavy atom. The monoisotopic (exact) mass is 208 g/mol. The van der Waals surface area contributed by atoms with Crippen LogP contribution < -0.4 is 10.6 Å². The van der Waals surface area contributed by atoms with Crippen molar-refractivity contribution < 1.29 is 4.39 Å². The zero-order valence-corrected chi connectivity index (χ0v) is 9.20. The van der Waals surface area contributed by atoms with Gasteiger partial charge in [-0.15, -0.1) is 6.58 Å². The maximum atomic E-state index is 13.7. The summed E-state index contributed by atoms with van der Waals surface area (Å²) < 4.78 is 13.7. The van der Waals surface area contributed by atoms with E-state index in [2.05, 4.69) is 6.58 Å². The van der Waals surface area contributed by atoms with Gasteiger partial charge in [-0.3, -0.25) is 0 Å². The van der Waals surface area contributed by atoms with E-state index in [1.807, 2.05) is 20.0 Å². The van der Waals surface area contributed by atoms with Crippen molar-refractivity contribution in [1.82, 2.24) is 0 Å². The minimum Gasteiger partial charge on any atom is -0.369 e. The van der Waals surface area contributed by atoms with Gasteiger partial charge in [0.05, 0.1) is 5.69 Å². The fourth-order valence-corrected chi connectivity index (χ4v) is 1.41. The van der Waals surface area contributed by atoms with Crippen LogP contribution >= 0.6 is 0 Å². The molecule has 82 valence electrons. The molecule has 1 aromatic rings. The SMILES string of the molecule is C=CCN(C)c1ccc([C@H](C)N)cc1F. The van der Waals surface area contributed by atoms with E-state index in [1.165, 1.54) is 6.07 Å². The second kappa shape index (κ2) is 4.94. The fraction of sp³-hybridized carbons (Fsp3) is 0.333. The number of benzene rings is 1. The van der Waals surface area contributed by atoms with Crippen LogP contribution in [0.5, 0.6) is 0 Å². The molecular formula is C12H17FN2. The van der Waals surface area contributed by atoms with Gasteiger partial charge in [-0.05, 0) is 24.6 Å². The molecule has 2 N–H and O–H groups in total. The third-order valence-electron chi connectivity index (χ3n) is 2.31. The van der Waals surface area contributed by atoms with E-state index in [0.29, 0.717) is 12.2 Å². The second-order valence-corrected chi connectivity index (χ2v) is 3.67. The molecule has 0 aliphatic carbocycles. The zero-order chi connectivity index (χ0) is 11.4. The maximum absolute atomic E-state index is 13.7. The van der Waals surface area contributed by atoms with Crippen molar-refractivity contribution in [2.75, 3.05) is 18.5 Å². The van der Waals surface area contributed by atoms with Crippen molar-refractivity contribution >= 4 is 5.69 Å². The molecule has 0 amide bonds. The van der Waals surface area contributed by atoms with Crippen LogP contribution in [0.4, 0.5) is 10.1 Å². The first-order valence-corrected chi connectivity index (χ1v) is 4.93. The second-order valence-electron chi connectivity index (χ2n) is 3.67. The highest BCUT2D eigenvalue weighted by Gasteiger charge is 2.08. The van der Waals surface area contributed by atoms with Gasteiger partial charge in [0.1, 0.15) is 5.82 Å². The first-order valence-electron chi connectivity index (χ1n) is 4.93. The van der Waals surface area contributed by atoms with Gasteiger partial charge in [-0.2, -0.15) is 0 Å². The number of anilines is 1. The number of likely N-dealkylation sites (N-methyl/N-ethyl adjacent to an activating group) is 1. The van der Waals surface area contributed by atoms with Crippen LogP contribution in [0.1, 0.15) is 18.5 Å². The molecule has 0 aromatic heterocycles. The minimum atomic E-state index is -0.242. The summed E-state index contributed by atoms with van der Waals surface area (Å²) in [5.74, 6) is -0.242. The Bertz CT molecular complexity index is 347. The maximum Gasteiger partial charge on any atom is 0.146 e. The Labute approximate surface area is 90.2 Å². The van der Waals surface area contributed by atoms with Crippen molar-refractivity contribution in [2.45, 2.75) is 13.0 Å². The van der Waals surface area contributed by atoms with Crippen LogP contribution in [0.15, 0.2) is 30.9 Å². The van der Waals surface area contributed by atoms with E-state index in [1.54, 1.807) is 17.0 Å². The van der Waals surface area contributed by atoms with Crippen molar-refractivity contribution in [3.05, 3.63) is 42.2 Å². The summed E-state index contributed by atoms with van der Waals surface area (Å²) in [6.45, 7) is 6.07. The highest BCUT2D eigenvalue weighted by atomic mass is 19.1. The molecule has 0 unspecified atom stereocenters. The Hall–Kier alpha value is -1.35. The van der Waals surface area contributed by atoms with Crippen LogP contribution in [0.2, 0.25) is 0 Å². The Balaban J connectivity index is 2.97. The predicted molar refractivity (Wildman–Crippen MR) is 62.5 cm³/mol. The van der Waals surface area contributed by atoms with Gasteiger partial charge in [0.15, 0.2) is 0 Å². The normalized spacial score (nSPS) is 12.3. The lowest BCUT2D eigenvalue weighted by atomic mass is 10.1. The van der Waals surface area contributed by atoms with Gasteiger partial charge < -0.3 is 10.6 Å². The molecular weight excluding hydrogens is 191 g/mol. The summed E-state index contributed by atoms with van der Waals surface area (Å²) in [7, 11) is 1.83. The average molecular weight is 208 g/mol. The number of rotatable bonds is 4. The highest BCUT2D eigenvalue weighted by Crippen LogP contribution is 2.21. The minimum absolute atomic E-state index is 0.140. The van der Waals surface area contributed by atoms with E-state index in [0.717, 1.165) is 5.56 Å². The Morgan fingerprint density at radius 3 is 2.73 bits per heavy atom. The van der Waals surface area contributed by atoms with E-state index in [-0.39, 0.29) is 11.9 Å². The van der Waals surface area contributed by atoms with E-state index < -0.39 is 0 Å². The largest absolute Gasteiger partial charge is 0.369 e. The molecule has 2 nitrogen and oxygen atoms in total. The van der Waals surface area contributed by atoms with Gasteiger partial charge in [0, 0.05) is 19.6 Å². The van der Waals surface area contributed by atoms with Gasteiger partial charge in [0.2, 0.25) is 0 Å². The summed E-state index contributed by atoms with van der Waals surface area (Å²) in [6.07, 6.45) is 1.74. The molecule has 0 spiro atoms. The van der Waals surface area contributed by atoms with E-state index in [9.17, 15) is 4.39 Å². The predicted octanol–water partition coefficient (Wildman–Crippen LogP) is 2.47. The Morgan fingerprint density at radius 1 is 1.60 bits per heavy atom. The third-order valence-corrected chi connectivity index (χ3v) is 2.31. The standard InChI is InChI=1S/C12H17FN2/c1-4-7-15(3)12-6-5-10(9(2)14)8-11(12)13/h4-6,8-9H,1,7,14H2,2-3H3/t9-/m0/s1. The number of halogens is 1. The van der Waals surface area contributed by atoms with Crippen molar-refractivity contribution in [3.63, 3.8) is 0 Å². The summed E-state index contributed by atoms with van der Waals surface area (Å²) in [4.78, 5) is 1.80. The van der Waals surface area contributed by atoms with Crippen LogP contribution in [-0.2, 0) is 0 Å². The quantitative estimate of drug-likeness (QED) is 0.770. The lowest BCUT2D eigenvalue weighted by molar-refractivity contribution is 0.619. The summed E-state index contributed by atoms with van der Waals surface area (Å²) in [6, 6.07) is 4.94. The van der Waals surface area contributed by atoms with Gasteiger partial charge in [-0.25, -0.2) is 4.39 Å². The molecule has 1 atom stereocenters. The molecule has 3 heteroatoms. The lowest BCUT2D eigenvalue weighted by Crippen LogP contribution is -2.18. The van der Waals surface area contributed by atoms with Gasteiger partial charge in [0.25, 0.3) is 0 Å².